The fourth-order valence-electron chi connectivity index (χ4n) is 7.78. The van der Waals surface area contributed by atoms with Crippen molar-refractivity contribution in [3.8, 4) is 0 Å². The molecular weight excluding hydrogens is 284 g/mol. The molecule has 0 aromatic heterocycles. The van der Waals surface area contributed by atoms with Crippen molar-refractivity contribution in [2.45, 2.75) is 78.1 Å². The maximum atomic E-state index is 11.9. The maximum absolute atomic E-state index is 11.9. The molecule has 0 spiro atoms. The third kappa shape index (κ3) is 2.27. The Morgan fingerprint density at radius 2 is 1.78 bits per heavy atom. The zero-order chi connectivity index (χ0) is 16.2. The third-order valence-corrected chi connectivity index (χ3v) is 9.16. The highest BCUT2D eigenvalue weighted by Gasteiger charge is 2.59. The molecule has 2 heteroatoms. The summed E-state index contributed by atoms with van der Waals surface area (Å²) < 4.78 is 0. The molecule has 4 aliphatic rings. The standard InChI is InChI=1S/C21H34O2/c1-20-11-8-19-17(18(20)6-4-14(20)9-12-22)5-3-15-13-16(23)7-10-21(15,19)2/h14-15,17-19,22H,3-13H2,1-2H3/t14-,15+,17+,18+,19+,20-,21+/m1/s1. The van der Waals surface area contributed by atoms with Crippen molar-refractivity contribution in [1.29, 1.82) is 0 Å². The first kappa shape index (κ1) is 16.1. The van der Waals surface area contributed by atoms with Gasteiger partial charge in [0.2, 0.25) is 0 Å². The number of aliphatic hydroxyl groups is 1. The van der Waals surface area contributed by atoms with E-state index in [9.17, 15) is 9.90 Å². The Balaban J connectivity index is 1.59. The first-order chi connectivity index (χ1) is 11.0. The van der Waals surface area contributed by atoms with Crippen LogP contribution in [0.5, 0.6) is 0 Å². The minimum Gasteiger partial charge on any atom is -0.396 e. The lowest BCUT2D eigenvalue weighted by molar-refractivity contribution is -0.139. The third-order valence-electron chi connectivity index (χ3n) is 9.16. The molecule has 0 bridgehead atoms. The van der Waals surface area contributed by atoms with E-state index >= 15 is 0 Å². The quantitative estimate of drug-likeness (QED) is 0.808. The summed E-state index contributed by atoms with van der Waals surface area (Å²) >= 11 is 0. The number of carbonyl (C=O) groups excluding carboxylic acids is 1. The van der Waals surface area contributed by atoms with E-state index in [1.165, 1.54) is 38.5 Å². The van der Waals surface area contributed by atoms with E-state index in [0.29, 0.717) is 29.1 Å². The first-order valence-corrected chi connectivity index (χ1v) is 10.1. The molecule has 0 heterocycles. The molecule has 4 saturated carbocycles. The van der Waals surface area contributed by atoms with Crippen molar-refractivity contribution >= 4 is 5.78 Å². The van der Waals surface area contributed by atoms with Gasteiger partial charge in [-0.1, -0.05) is 13.8 Å². The highest BCUT2D eigenvalue weighted by molar-refractivity contribution is 5.79. The molecule has 0 aliphatic heterocycles. The van der Waals surface area contributed by atoms with Crippen LogP contribution in [-0.2, 0) is 4.79 Å². The average Bonchev–Trinajstić information content (AvgIpc) is 2.85. The minimum atomic E-state index is 0.364. The minimum absolute atomic E-state index is 0.364. The lowest BCUT2D eigenvalue weighted by atomic mass is 9.44. The predicted octanol–water partition coefficient (Wildman–Crippen LogP) is 4.60. The lowest BCUT2D eigenvalue weighted by Gasteiger charge is -2.60. The number of hydrogen-bond donors (Lipinski definition) is 1. The summed E-state index contributed by atoms with van der Waals surface area (Å²) in [6.45, 7) is 5.44. The van der Waals surface area contributed by atoms with Gasteiger partial charge in [0.15, 0.2) is 0 Å². The number of fused-ring (bicyclic) bond motifs is 5. The van der Waals surface area contributed by atoms with E-state index in [4.69, 9.17) is 0 Å². The van der Waals surface area contributed by atoms with E-state index < -0.39 is 0 Å². The predicted molar refractivity (Wildman–Crippen MR) is 91.9 cm³/mol. The molecule has 23 heavy (non-hydrogen) atoms. The molecule has 0 aromatic carbocycles. The van der Waals surface area contributed by atoms with Crippen molar-refractivity contribution in [2.24, 2.45) is 40.4 Å². The summed E-state index contributed by atoms with van der Waals surface area (Å²) in [6.07, 6.45) is 12.0. The van der Waals surface area contributed by atoms with Gasteiger partial charge in [0.25, 0.3) is 0 Å². The van der Waals surface area contributed by atoms with Crippen molar-refractivity contribution in [3.05, 3.63) is 0 Å². The first-order valence-electron chi connectivity index (χ1n) is 10.1. The lowest BCUT2D eigenvalue weighted by Crippen LogP contribution is -2.53. The monoisotopic (exact) mass is 318 g/mol. The fraction of sp³-hybridized carbons (Fsp3) is 0.952. The number of hydrogen-bond acceptors (Lipinski definition) is 2. The van der Waals surface area contributed by atoms with Gasteiger partial charge in [-0.3, -0.25) is 4.79 Å². The molecular formula is C21H34O2. The summed E-state index contributed by atoms with van der Waals surface area (Å²) in [5.41, 5.74) is 0.921. The summed E-state index contributed by atoms with van der Waals surface area (Å²) in [5, 5.41) is 9.45. The van der Waals surface area contributed by atoms with Crippen molar-refractivity contribution in [2.75, 3.05) is 6.61 Å². The van der Waals surface area contributed by atoms with Gasteiger partial charge >= 0.3 is 0 Å². The van der Waals surface area contributed by atoms with Gasteiger partial charge in [0.1, 0.15) is 5.78 Å². The molecule has 1 N–H and O–H groups in total. The van der Waals surface area contributed by atoms with E-state index in [0.717, 1.165) is 49.4 Å². The zero-order valence-corrected chi connectivity index (χ0v) is 15.0. The zero-order valence-electron chi connectivity index (χ0n) is 15.0. The van der Waals surface area contributed by atoms with Crippen LogP contribution in [0.25, 0.3) is 0 Å². The summed E-state index contributed by atoms with van der Waals surface area (Å²) in [4.78, 5) is 11.9. The molecule has 0 aromatic rings. The second-order valence-electron chi connectivity index (χ2n) is 9.73. The Hall–Kier alpha value is -0.370. The second kappa shape index (κ2) is 5.58. The van der Waals surface area contributed by atoms with E-state index in [1.807, 2.05) is 0 Å². The molecule has 4 aliphatic carbocycles. The van der Waals surface area contributed by atoms with Crippen molar-refractivity contribution in [3.63, 3.8) is 0 Å². The van der Waals surface area contributed by atoms with Crippen LogP contribution in [0.2, 0.25) is 0 Å². The maximum Gasteiger partial charge on any atom is 0.133 e. The van der Waals surface area contributed by atoms with Crippen LogP contribution in [-0.4, -0.2) is 17.5 Å². The molecule has 4 rings (SSSR count). The van der Waals surface area contributed by atoms with Crippen LogP contribution in [0, 0.1) is 40.4 Å². The summed E-state index contributed by atoms with van der Waals surface area (Å²) in [5.74, 6) is 4.58. The highest BCUT2D eigenvalue weighted by Crippen LogP contribution is 2.67. The van der Waals surface area contributed by atoms with Gasteiger partial charge < -0.3 is 5.11 Å². The van der Waals surface area contributed by atoms with Crippen molar-refractivity contribution < 1.29 is 9.90 Å². The van der Waals surface area contributed by atoms with Crippen LogP contribution in [0.4, 0.5) is 0 Å². The van der Waals surface area contributed by atoms with Gasteiger partial charge in [-0.15, -0.1) is 0 Å². The average molecular weight is 319 g/mol. The van der Waals surface area contributed by atoms with Crippen LogP contribution in [0.3, 0.4) is 0 Å². The Labute approximate surface area is 141 Å². The smallest absolute Gasteiger partial charge is 0.133 e. The van der Waals surface area contributed by atoms with E-state index in [1.54, 1.807) is 0 Å². The molecule has 7 atom stereocenters. The van der Waals surface area contributed by atoms with Crippen LogP contribution in [0.1, 0.15) is 78.1 Å². The van der Waals surface area contributed by atoms with Crippen LogP contribution in [0.15, 0.2) is 0 Å². The highest BCUT2D eigenvalue weighted by atomic mass is 16.3. The Morgan fingerprint density at radius 3 is 2.57 bits per heavy atom. The molecule has 0 unspecified atom stereocenters. The molecule has 130 valence electrons. The van der Waals surface area contributed by atoms with Gasteiger partial charge in [0, 0.05) is 19.4 Å². The van der Waals surface area contributed by atoms with Crippen LogP contribution < -0.4 is 0 Å². The number of rotatable bonds is 2. The molecule has 0 amide bonds. The van der Waals surface area contributed by atoms with E-state index in [-0.39, 0.29) is 0 Å². The Kier molecular flexibility index (Phi) is 3.91. The second-order valence-corrected chi connectivity index (χ2v) is 9.73. The number of carbonyl (C=O) groups is 1. The number of Topliss-reactive ketones (excluding diaryl/α,β-unsaturated/α-hetero) is 1. The summed E-state index contributed by atoms with van der Waals surface area (Å²) in [6, 6.07) is 0. The Morgan fingerprint density at radius 1 is 1.00 bits per heavy atom. The molecule has 2 nitrogen and oxygen atoms in total. The largest absolute Gasteiger partial charge is 0.396 e. The van der Waals surface area contributed by atoms with Gasteiger partial charge in [-0.05, 0) is 91.8 Å². The van der Waals surface area contributed by atoms with Crippen LogP contribution >= 0.6 is 0 Å². The number of aliphatic hydroxyl groups excluding tert-OH is 1. The van der Waals surface area contributed by atoms with Gasteiger partial charge in [-0.2, -0.15) is 0 Å². The molecule has 0 saturated heterocycles. The SMILES string of the molecule is C[C@]12CCC(=O)C[C@@H]1CC[C@@H]1[C@@H]2CC[C@]2(C)[C@@H](CCO)CC[C@@H]12. The molecule has 0 radical (unpaired) electrons. The van der Waals surface area contributed by atoms with Gasteiger partial charge in [-0.25, -0.2) is 0 Å². The summed E-state index contributed by atoms with van der Waals surface area (Å²) in [7, 11) is 0. The normalized spacial score (nSPS) is 52.7. The fourth-order valence-corrected chi connectivity index (χ4v) is 7.78. The van der Waals surface area contributed by atoms with Gasteiger partial charge in [0.05, 0.1) is 0 Å². The molecule has 4 fully saturated rings. The topological polar surface area (TPSA) is 37.3 Å². The van der Waals surface area contributed by atoms with E-state index in [2.05, 4.69) is 13.8 Å². The van der Waals surface area contributed by atoms with Crippen molar-refractivity contribution in [1.82, 2.24) is 0 Å². The Bertz CT molecular complexity index is 486. The number of ketones is 1.